The summed E-state index contributed by atoms with van der Waals surface area (Å²) in [4.78, 5) is 27.5. The van der Waals surface area contributed by atoms with Gasteiger partial charge in [-0.25, -0.2) is 9.97 Å². The summed E-state index contributed by atoms with van der Waals surface area (Å²) in [7, 11) is 0. The molecule has 0 unspecified atom stereocenters. The van der Waals surface area contributed by atoms with Crippen molar-refractivity contribution in [2.24, 2.45) is 0 Å². The summed E-state index contributed by atoms with van der Waals surface area (Å²) < 4.78 is 39.9. The van der Waals surface area contributed by atoms with Gasteiger partial charge in [0.2, 0.25) is 0 Å². The summed E-state index contributed by atoms with van der Waals surface area (Å²) in [5, 5.41) is 4.71. The van der Waals surface area contributed by atoms with Crippen molar-refractivity contribution in [2.45, 2.75) is 6.18 Å². The van der Waals surface area contributed by atoms with Gasteiger partial charge in [-0.3, -0.25) is 15.1 Å². The van der Waals surface area contributed by atoms with Crippen LogP contribution in [0.3, 0.4) is 0 Å². The maximum atomic E-state index is 13.3. The Bertz CT molecular complexity index is 1120. The minimum Gasteiger partial charge on any atom is -0.337 e. The summed E-state index contributed by atoms with van der Waals surface area (Å²) in [6.45, 7) is 0. The SMILES string of the molecule is O=C(Nc1nccs1)c1cncc2[nH]c(-c3ccccc3C(F)(F)F)nc12. The summed E-state index contributed by atoms with van der Waals surface area (Å²) in [5.74, 6) is -0.487. The number of benzene rings is 1. The van der Waals surface area contributed by atoms with E-state index in [1.165, 1.54) is 41.9 Å². The van der Waals surface area contributed by atoms with Crippen LogP contribution in [0.25, 0.3) is 22.4 Å². The number of hydrogen-bond donors (Lipinski definition) is 2. The fraction of sp³-hybridized carbons (Fsp3) is 0.0588. The number of fused-ring (bicyclic) bond motifs is 1. The van der Waals surface area contributed by atoms with E-state index in [0.29, 0.717) is 10.6 Å². The molecule has 0 atom stereocenters. The lowest BCUT2D eigenvalue weighted by Gasteiger charge is -2.10. The maximum Gasteiger partial charge on any atom is 0.417 e. The first-order chi connectivity index (χ1) is 12.9. The second-order valence-corrected chi connectivity index (χ2v) is 6.40. The highest BCUT2D eigenvalue weighted by Gasteiger charge is 2.34. The van der Waals surface area contributed by atoms with Gasteiger partial charge < -0.3 is 4.98 Å². The van der Waals surface area contributed by atoms with Gasteiger partial charge in [0.15, 0.2) is 5.13 Å². The number of nitrogens with zero attached hydrogens (tertiary/aromatic N) is 3. The Morgan fingerprint density at radius 2 is 2.00 bits per heavy atom. The van der Waals surface area contributed by atoms with Gasteiger partial charge >= 0.3 is 6.18 Å². The van der Waals surface area contributed by atoms with Crippen molar-refractivity contribution in [1.29, 1.82) is 0 Å². The van der Waals surface area contributed by atoms with Crippen molar-refractivity contribution in [3.8, 4) is 11.4 Å². The minimum absolute atomic E-state index is 0.00854. The predicted octanol–water partition coefficient (Wildman–Crippen LogP) is 4.35. The molecule has 0 spiro atoms. The van der Waals surface area contributed by atoms with Gasteiger partial charge in [-0.05, 0) is 6.07 Å². The highest BCUT2D eigenvalue weighted by Crippen LogP contribution is 2.36. The highest BCUT2D eigenvalue weighted by molar-refractivity contribution is 7.13. The Hall–Kier alpha value is -3.27. The van der Waals surface area contributed by atoms with E-state index < -0.39 is 17.6 Å². The van der Waals surface area contributed by atoms with Crippen molar-refractivity contribution in [3.63, 3.8) is 0 Å². The van der Waals surface area contributed by atoms with Gasteiger partial charge in [-0.1, -0.05) is 18.2 Å². The third-order valence-electron chi connectivity index (χ3n) is 3.78. The number of thiazole rings is 1. The van der Waals surface area contributed by atoms with Crippen molar-refractivity contribution in [3.05, 3.63) is 59.4 Å². The molecule has 4 rings (SSSR count). The maximum absolute atomic E-state index is 13.3. The fourth-order valence-corrected chi connectivity index (χ4v) is 3.14. The van der Waals surface area contributed by atoms with Crippen LogP contribution in [0.4, 0.5) is 18.3 Å². The second-order valence-electron chi connectivity index (χ2n) is 5.50. The third kappa shape index (κ3) is 3.26. The Kier molecular flexibility index (Phi) is 4.11. The van der Waals surface area contributed by atoms with Crippen LogP contribution in [-0.2, 0) is 6.18 Å². The number of carbonyl (C=O) groups is 1. The number of imidazole rings is 1. The molecule has 3 heterocycles. The molecule has 0 aliphatic heterocycles. The van der Waals surface area contributed by atoms with Crippen molar-refractivity contribution in [1.82, 2.24) is 19.9 Å². The number of H-pyrrole nitrogens is 1. The van der Waals surface area contributed by atoms with Gasteiger partial charge in [0, 0.05) is 23.3 Å². The van der Waals surface area contributed by atoms with E-state index in [4.69, 9.17) is 0 Å². The van der Waals surface area contributed by atoms with Gasteiger partial charge in [-0.2, -0.15) is 13.2 Å². The summed E-state index contributed by atoms with van der Waals surface area (Å²) in [6.07, 6.45) is -0.271. The lowest BCUT2D eigenvalue weighted by Crippen LogP contribution is -2.12. The van der Waals surface area contributed by atoms with Gasteiger partial charge in [-0.15, -0.1) is 11.3 Å². The number of amides is 1. The number of anilines is 1. The minimum atomic E-state index is -4.53. The number of aromatic nitrogens is 4. The topological polar surface area (TPSA) is 83.6 Å². The zero-order valence-corrected chi connectivity index (χ0v) is 14.2. The normalized spacial score (nSPS) is 11.7. The van der Waals surface area contributed by atoms with Crippen LogP contribution in [0.15, 0.2) is 48.2 Å². The first kappa shape index (κ1) is 17.2. The van der Waals surface area contributed by atoms with Crippen molar-refractivity contribution in [2.75, 3.05) is 5.32 Å². The molecule has 27 heavy (non-hydrogen) atoms. The van der Waals surface area contributed by atoms with Crippen LogP contribution in [-0.4, -0.2) is 25.8 Å². The smallest absolute Gasteiger partial charge is 0.337 e. The lowest BCUT2D eigenvalue weighted by molar-refractivity contribution is -0.137. The molecule has 1 amide bonds. The summed E-state index contributed by atoms with van der Waals surface area (Å²) >= 11 is 1.24. The average Bonchev–Trinajstić information content (AvgIpc) is 3.29. The first-order valence-corrected chi connectivity index (χ1v) is 8.52. The zero-order valence-electron chi connectivity index (χ0n) is 13.4. The van der Waals surface area contributed by atoms with Gasteiger partial charge in [0.1, 0.15) is 11.3 Å². The van der Waals surface area contributed by atoms with E-state index >= 15 is 0 Å². The Morgan fingerprint density at radius 3 is 2.74 bits per heavy atom. The molecule has 0 aliphatic carbocycles. The van der Waals surface area contributed by atoms with Crippen molar-refractivity contribution < 1.29 is 18.0 Å². The Balaban J connectivity index is 1.79. The molecule has 0 radical (unpaired) electrons. The van der Waals surface area contributed by atoms with Gasteiger partial charge in [0.25, 0.3) is 5.91 Å². The molecular weight excluding hydrogens is 379 g/mol. The molecule has 1 aromatic carbocycles. The Labute approximate surface area is 154 Å². The lowest BCUT2D eigenvalue weighted by atomic mass is 10.1. The largest absolute Gasteiger partial charge is 0.417 e. The monoisotopic (exact) mass is 389 g/mol. The molecule has 0 saturated heterocycles. The molecule has 0 bridgehead atoms. The number of rotatable bonds is 3. The zero-order chi connectivity index (χ0) is 19.0. The average molecular weight is 389 g/mol. The van der Waals surface area contributed by atoms with Gasteiger partial charge in [0.05, 0.1) is 22.8 Å². The van der Waals surface area contributed by atoms with Crippen LogP contribution in [0.2, 0.25) is 0 Å². The predicted molar refractivity (Wildman–Crippen MR) is 94.4 cm³/mol. The number of pyridine rings is 1. The summed E-state index contributed by atoms with van der Waals surface area (Å²) in [5.41, 5.74) is -0.201. The molecule has 10 heteroatoms. The molecule has 4 aromatic rings. The number of alkyl halides is 3. The molecule has 0 saturated carbocycles. The van der Waals surface area contributed by atoms with Crippen LogP contribution < -0.4 is 5.32 Å². The quantitative estimate of drug-likeness (QED) is 0.546. The molecule has 136 valence electrons. The number of aromatic amines is 1. The van der Waals surface area contributed by atoms with E-state index in [-0.39, 0.29) is 22.5 Å². The third-order valence-corrected chi connectivity index (χ3v) is 4.47. The van der Waals surface area contributed by atoms with Crippen molar-refractivity contribution >= 4 is 33.4 Å². The molecule has 0 fully saturated rings. The van der Waals surface area contributed by atoms with Crippen LogP contribution in [0, 0.1) is 0 Å². The molecule has 6 nitrogen and oxygen atoms in total. The van der Waals surface area contributed by atoms with E-state index in [9.17, 15) is 18.0 Å². The van der Waals surface area contributed by atoms with E-state index in [1.54, 1.807) is 11.6 Å². The van der Waals surface area contributed by atoms with E-state index in [2.05, 4.69) is 25.3 Å². The second kappa shape index (κ2) is 6.47. The number of nitrogens with one attached hydrogen (secondary N) is 2. The molecule has 2 N–H and O–H groups in total. The molecule has 0 aliphatic rings. The Morgan fingerprint density at radius 1 is 1.19 bits per heavy atom. The number of halogens is 3. The van der Waals surface area contributed by atoms with Crippen LogP contribution >= 0.6 is 11.3 Å². The molecular formula is C17H10F3N5OS. The van der Waals surface area contributed by atoms with Crippen LogP contribution in [0.5, 0.6) is 0 Å². The first-order valence-electron chi connectivity index (χ1n) is 7.64. The standard InChI is InChI=1S/C17H10F3N5OS/c18-17(19,20)11-4-2-1-3-9(11)14-23-12-8-21-7-10(13(12)24-14)15(26)25-16-22-5-6-27-16/h1-8H,(H,23,24)(H,22,25,26). The fourth-order valence-electron chi connectivity index (χ4n) is 2.61. The highest BCUT2D eigenvalue weighted by atomic mass is 32.1. The molecule has 3 aromatic heterocycles. The number of carbonyl (C=O) groups excluding carboxylic acids is 1. The van der Waals surface area contributed by atoms with E-state index in [1.807, 2.05) is 0 Å². The van der Waals surface area contributed by atoms with Crippen LogP contribution in [0.1, 0.15) is 15.9 Å². The van der Waals surface area contributed by atoms with E-state index in [0.717, 1.165) is 6.07 Å². The summed E-state index contributed by atoms with van der Waals surface area (Å²) in [6, 6.07) is 5.11. The number of hydrogen-bond acceptors (Lipinski definition) is 5.